The Morgan fingerprint density at radius 1 is 0.958 bits per heavy atom. The van der Waals surface area contributed by atoms with E-state index in [9.17, 15) is 4.39 Å². The molecule has 0 saturated heterocycles. The highest BCUT2D eigenvalue weighted by molar-refractivity contribution is 5.86. The number of benzene rings is 2. The van der Waals surface area contributed by atoms with Crippen LogP contribution >= 0.6 is 0 Å². The van der Waals surface area contributed by atoms with Crippen molar-refractivity contribution in [3.05, 3.63) is 72.2 Å². The Morgan fingerprint density at radius 2 is 1.71 bits per heavy atom. The van der Waals surface area contributed by atoms with Gasteiger partial charge in [0.1, 0.15) is 11.6 Å². The third kappa shape index (κ3) is 2.58. The van der Waals surface area contributed by atoms with Crippen LogP contribution in [0.5, 0.6) is 0 Å². The lowest BCUT2D eigenvalue weighted by Crippen LogP contribution is -2.02. The molecular weight excluding hydrogens is 305 g/mol. The molecule has 2 heterocycles. The van der Waals surface area contributed by atoms with E-state index >= 15 is 0 Å². The molecule has 0 amide bonds. The van der Waals surface area contributed by atoms with Crippen LogP contribution in [0.4, 0.5) is 10.2 Å². The molecule has 0 fully saturated rings. The highest BCUT2D eigenvalue weighted by Crippen LogP contribution is 2.22. The van der Waals surface area contributed by atoms with Gasteiger partial charge in [-0.2, -0.15) is 5.10 Å². The first-order valence-electron chi connectivity index (χ1n) is 7.50. The molecule has 0 spiro atoms. The van der Waals surface area contributed by atoms with Gasteiger partial charge in [-0.3, -0.25) is 4.68 Å². The van der Waals surface area contributed by atoms with Crippen LogP contribution in [-0.4, -0.2) is 19.7 Å². The summed E-state index contributed by atoms with van der Waals surface area (Å²) in [6.07, 6.45) is 1.74. The SMILES string of the molecule is Nc1nc(-c2ccccc2)nc2nn(Cc3ccccc3F)cc12. The van der Waals surface area contributed by atoms with Gasteiger partial charge in [0.2, 0.25) is 0 Å². The van der Waals surface area contributed by atoms with Gasteiger partial charge in [-0.25, -0.2) is 14.4 Å². The van der Waals surface area contributed by atoms with E-state index in [0.29, 0.717) is 34.8 Å². The summed E-state index contributed by atoms with van der Waals surface area (Å²) >= 11 is 0. The number of anilines is 1. The second-order valence-corrected chi connectivity index (χ2v) is 5.45. The quantitative estimate of drug-likeness (QED) is 0.629. The third-order valence-corrected chi connectivity index (χ3v) is 3.78. The summed E-state index contributed by atoms with van der Waals surface area (Å²) in [6.45, 7) is 0.309. The predicted octanol–water partition coefficient (Wildman–Crippen LogP) is 3.26. The van der Waals surface area contributed by atoms with E-state index in [1.807, 2.05) is 30.3 Å². The fourth-order valence-corrected chi connectivity index (χ4v) is 2.57. The second-order valence-electron chi connectivity index (χ2n) is 5.45. The molecule has 0 radical (unpaired) electrons. The van der Waals surface area contributed by atoms with Crippen LogP contribution < -0.4 is 5.73 Å². The standard InChI is InChI=1S/C18H14FN5/c19-15-9-5-4-8-13(15)10-24-11-14-16(20)21-17(22-18(14)23-24)12-6-2-1-3-7-12/h1-9,11H,10H2,(H2,20,21,22,23). The van der Waals surface area contributed by atoms with Gasteiger partial charge < -0.3 is 5.73 Å². The Kier molecular flexibility index (Phi) is 3.42. The molecule has 2 aromatic heterocycles. The van der Waals surface area contributed by atoms with Gasteiger partial charge in [0.15, 0.2) is 11.5 Å². The van der Waals surface area contributed by atoms with Crippen molar-refractivity contribution in [2.24, 2.45) is 0 Å². The molecule has 0 aliphatic rings. The van der Waals surface area contributed by atoms with Crippen molar-refractivity contribution in [2.45, 2.75) is 6.54 Å². The highest BCUT2D eigenvalue weighted by Gasteiger charge is 2.12. The van der Waals surface area contributed by atoms with E-state index in [1.165, 1.54) is 6.07 Å². The lowest BCUT2D eigenvalue weighted by molar-refractivity contribution is 0.586. The molecule has 0 atom stereocenters. The molecule has 118 valence electrons. The summed E-state index contributed by atoms with van der Waals surface area (Å²) in [7, 11) is 0. The normalized spacial score (nSPS) is 11.0. The van der Waals surface area contributed by atoms with Gasteiger partial charge in [0.05, 0.1) is 11.9 Å². The van der Waals surface area contributed by atoms with Crippen LogP contribution in [-0.2, 0) is 6.54 Å². The minimum absolute atomic E-state index is 0.263. The van der Waals surface area contributed by atoms with E-state index < -0.39 is 0 Å². The number of hydrogen-bond donors (Lipinski definition) is 1. The van der Waals surface area contributed by atoms with Crippen molar-refractivity contribution in [3.8, 4) is 11.4 Å². The van der Waals surface area contributed by atoms with Gasteiger partial charge in [0.25, 0.3) is 0 Å². The van der Waals surface area contributed by atoms with Crippen LogP contribution in [0.15, 0.2) is 60.8 Å². The van der Waals surface area contributed by atoms with Crippen molar-refractivity contribution in [1.82, 2.24) is 19.7 Å². The summed E-state index contributed by atoms with van der Waals surface area (Å²) in [5, 5.41) is 5.07. The Balaban J connectivity index is 1.76. The number of nitrogen functional groups attached to an aromatic ring is 1. The summed E-state index contributed by atoms with van der Waals surface area (Å²) in [5.74, 6) is 0.622. The minimum Gasteiger partial charge on any atom is -0.383 e. The van der Waals surface area contributed by atoms with Crippen LogP contribution in [0.1, 0.15) is 5.56 Å². The maximum absolute atomic E-state index is 13.8. The van der Waals surface area contributed by atoms with Crippen molar-refractivity contribution in [3.63, 3.8) is 0 Å². The molecule has 0 aliphatic carbocycles. The molecule has 24 heavy (non-hydrogen) atoms. The fraction of sp³-hybridized carbons (Fsp3) is 0.0556. The average Bonchev–Trinajstić information content (AvgIpc) is 3.01. The van der Waals surface area contributed by atoms with Crippen molar-refractivity contribution < 1.29 is 4.39 Å². The zero-order chi connectivity index (χ0) is 16.5. The topological polar surface area (TPSA) is 69.6 Å². The first kappa shape index (κ1) is 14.3. The molecule has 4 rings (SSSR count). The highest BCUT2D eigenvalue weighted by atomic mass is 19.1. The average molecular weight is 319 g/mol. The molecule has 5 nitrogen and oxygen atoms in total. The monoisotopic (exact) mass is 319 g/mol. The Bertz CT molecular complexity index is 1010. The minimum atomic E-state index is -0.263. The van der Waals surface area contributed by atoms with Gasteiger partial charge in [0, 0.05) is 17.3 Å². The Morgan fingerprint density at radius 3 is 2.50 bits per heavy atom. The van der Waals surface area contributed by atoms with E-state index in [-0.39, 0.29) is 5.82 Å². The van der Waals surface area contributed by atoms with E-state index in [1.54, 1.807) is 29.1 Å². The lowest BCUT2D eigenvalue weighted by atomic mass is 10.2. The summed E-state index contributed by atoms with van der Waals surface area (Å²) in [5.41, 5.74) is 7.98. The molecule has 4 aromatic rings. The lowest BCUT2D eigenvalue weighted by Gasteiger charge is -2.02. The molecule has 0 unspecified atom stereocenters. The van der Waals surface area contributed by atoms with Gasteiger partial charge in [-0.1, -0.05) is 48.5 Å². The molecule has 0 bridgehead atoms. The Hall–Kier alpha value is -3.28. The second kappa shape index (κ2) is 5.73. The number of fused-ring (bicyclic) bond motifs is 1. The third-order valence-electron chi connectivity index (χ3n) is 3.78. The number of hydrogen-bond acceptors (Lipinski definition) is 4. The first-order chi connectivity index (χ1) is 11.7. The van der Waals surface area contributed by atoms with Gasteiger partial charge in [-0.15, -0.1) is 0 Å². The molecule has 2 aromatic carbocycles. The summed E-state index contributed by atoms with van der Waals surface area (Å²) < 4.78 is 15.4. The summed E-state index contributed by atoms with van der Waals surface area (Å²) in [6, 6.07) is 16.2. The zero-order valence-corrected chi connectivity index (χ0v) is 12.7. The smallest absolute Gasteiger partial charge is 0.186 e. The maximum atomic E-state index is 13.8. The Labute approximate surface area is 137 Å². The van der Waals surface area contributed by atoms with Gasteiger partial charge in [-0.05, 0) is 6.07 Å². The molecule has 0 aliphatic heterocycles. The molecular formula is C18H14FN5. The number of nitrogens with zero attached hydrogens (tertiary/aromatic N) is 4. The fourth-order valence-electron chi connectivity index (χ4n) is 2.57. The van der Waals surface area contributed by atoms with Crippen molar-refractivity contribution in [2.75, 3.05) is 5.73 Å². The zero-order valence-electron chi connectivity index (χ0n) is 12.7. The number of rotatable bonds is 3. The summed E-state index contributed by atoms with van der Waals surface area (Å²) in [4.78, 5) is 8.82. The van der Waals surface area contributed by atoms with Crippen molar-refractivity contribution >= 4 is 16.9 Å². The molecule has 6 heteroatoms. The van der Waals surface area contributed by atoms with Crippen molar-refractivity contribution in [1.29, 1.82) is 0 Å². The van der Waals surface area contributed by atoms with E-state index in [4.69, 9.17) is 5.73 Å². The maximum Gasteiger partial charge on any atom is 0.186 e. The van der Waals surface area contributed by atoms with Crippen LogP contribution in [0.3, 0.4) is 0 Å². The van der Waals surface area contributed by atoms with Crippen LogP contribution in [0, 0.1) is 5.82 Å². The number of aromatic nitrogens is 4. The van der Waals surface area contributed by atoms with Crippen LogP contribution in [0.25, 0.3) is 22.4 Å². The first-order valence-corrected chi connectivity index (χ1v) is 7.50. The van der Waals surface area contributed by atoms with Gasteiger partial charge >= 0.3 is 0 Å². The predicted molar refractivity (Wildman–Crippen MR) is 90.7 cm³/mol. The van der Waals surface area contributed by atoms with E-state index in [2.05, 4.69) is 15.1 Å². The largest absolute Gasteiger partial charge is 0.383 e. The van der Waals surface area contributed by atoms with Crippen LogP contribution in [0.2, 0.25) is 0 Å². The molecule has 0 saturated carbocycles. The van der Waals surface area contributed by atoms with E-state index in [0.717, 1.165) is 5.56 Å². The number of nitrogens with two attached hydrogens (primary N) is 1. The molecule has 2 N–H and O–H groups in total. The number of halogens is 1.